The number of aromatic nitrogens is 3. The fourth-order valence-corrected chi connectivity index (χ4v) is 3.24. The summed E-state index contributed by atoms with van der Waals surface area (Å²) in [7, 11) is 0. The maximum atomic E-state index is 13.0. The molecular weight excluding hydrogens is 304 g/mol. The molecule has 6 heteroatoms. The summed E-state index contributed by atoms with van der Waals surface area (Å²) in [6.07, 6.45) is 4.69. The standard InChI is InChI=1S/C18H16N4O2/c1-11-4-2-6-16-12(11)5-3-7-22(16)18(24)14-8-13-15(9-19-14)20-10-21-17(13)23/h2,4,6,8-10H,3,5,7H2,1H3,(H,20,21,23). The molecule has 1 aliphatic rings. The molecule has 3 heterocycles. The van der Waals surface area contributed by atoms with E-state index >= 15 is 0 Å². The van der Waals surface area contributed by atoms with Gasteiger partial charge in [0.1, 0.15) is 5.69 Å². The smallest absolute Gasteiger partial charge is 0.276 e. The zero-order chi connectivity index (χ0) is 16.7. The van der Waals surface area contributed by atoms with Gasteiger partial charge in [0.05, 0.1) is 23.4 Å². The van der Waals surface area contributed by atoms with Crippen LogP contribution < -0.4 is 10.5 Å². The Kier molecular flexibility index (Phi) is 3.37. The number of hydrogen-bond acceptors (Lipinski definition) is 4. The van der Waals surface area contributed by atoms with Gasteiger partial charge < -0.3 is 9.88 Å². The van der Waals surface area contributed by atoms with Crippen LogP contribution in [0.2, 0.25) is 0 Å². The fourth-order valence-electron chi connectivity index (χ4n) is 3.24. The Morgan fingerprint density at radius 1 is 1.29 bits per heavy atom. The van der Waals surface area contributed by atoms with Gasteiger partial charge in [0.15, 0.2) is 0 Å². The van der Waals surface area contributed by atoms with Gasteiger partial charge in [-0.1, -0.05) is 12.1 Å². The van der Waals surface area contributed by atoms with Gasteiger partial charge in [0, 0.05) is 12.2 Å². The Hall–Kier alpha value is -3.02. The fraction of sp³-hybridized carbons (Fsp3) is 0.222. The minimum Gasteiger partial charge on any atom is -0.313 e. The van der Waals surface area contributed by atoms with Crippen molar-refractivity contribution in [3.63, 3.8) is 0 Å². The largest absolute Gasteiger partial charge is 0.313 e. The molecule has 0 unspecified atom stereocenters. The van der Waals surface area contributed by atoms with Crippen LogP contribution in [0.25, 0.3) is 10.9 Å². The summed E-state index contributed by atoms with van der Waals surface area (Å²) in [5.74, 6) is -0.188. The number of hydrogen-bond donors (Lipinski definition) is 1. The SMILES string of the molecule is Cc1cccc2c1CCCN2C(=O)c1cc2c(=O)[nH]cnc2cn1. The van der Waals surface area contributed by atoms with Gasteiger partial charge in [-0.05, 0) is 43.0 Å². The number of carbonyl (C=O) groups excluding carboxylic acids is 1. The third-order valence-corrected chi connectivity index (χ3v) is 4.48. The summed E-state index contributed by atoms with van der Waals surface area (Å²) in [6, 6.07) is 7.51. The molecule has 0 bridgehead atoms. The lowest BCUT2D eigenvalue weighted by Gasteiger charge is -2.30. The number of rotatable bonds is 1. The van der Waals surface area contributed by atoms with Gasteiger partial charge in [-0.3, -0.25) is 9.59 Å². The zero-order valence-corrected chi connectivity index (χ0v) is 13.2. The summed E-state index contributed by atoms with van der Waals surface area (Å²) >= 11 is 0. The van der Waals surface area contributed by atoms with Gasteiger partial charge in [-0.15, -0.1) is 0 Å². The lowest BCUT2D eigenvalue weighted by Crippen LogP contribution is -2.36. The molecule has 1 aliphatic heterocycles. The van der Waals surface area contributed by atoms with Crippen molar-refractivity contribution in [3.8, 4) is 0 Å². The molecular formula is C18H16N4O2. The molecule has 120 valence electrons. The van der Waals surface area contributed by atoms with Gasteiger partial charge >= 0.3 is 0 Å². The molecule has 0 aliphatic carbocycles. The van der Waals surface area contributed by atoms with Crippen molar-refractivity contribution in [1.82, 2.24) is 15.0 Å². The van der Waals surface area contributed by atoms with Crippen molar-refractivity contribution < 1.29 is 4.79 Å². The number of amides is 1. The third-order valence-electron chi connectivity index (χ3n) is 4.48. The summed E-state index contributed by atoms with van der Waals surface area (Å²) in [5.41, 5.74) is 3.80. The van der Waals surface area contributed by atoms with Crippen LogP contribution in [0.4, 0.5) is 5.69 Å². The second-order valence-corrected chi connectivity index (χ2v) is 5.95. The molecule has 0 fully saturated rings. The van der Waals surface area contributed by atoms with Gasteiger partial charge in [0.2, 0.25) is 0 Å². The quantitative estimate of drug-likeness (QED) is 0.745. The van der Waals surface area contributed by atoms with Gasteiger partial charge in [-0.25, -0.2) is 9.97 Å². The first-order valence-corrected chi connectivity index (χ1v) is 7.89. The monoisotopic (exact) mass is 320 g/mol. The Bertz CT molecular complexity index is 1010. The highest BCUT2D eigenvalue weighted by atomic mass is 16.2. The van der Waals surface area contributed by atoms with E-state index in [1.165, 1.54) is 29.7 Å². The normalized spacial score (nSPS) is 13.8. The molecule has 4 rings (SSSR count). The Labute approximate surface area is 138 Å². The van der Waals surface area contributed by atoms with E-state index in [1.807, 2.05) is 12.1 Å². The Morgan fingerprint density at radius 2 is 2.17 bits per heavy atom. The lowest BCUT2D eigenvalue weighted by molar-refractivity contribution is 0.0980. The van der Waals surface area contributed by atoms with E-state index in [0.29, 0.717) is 17.4 Å². The Balaban J connectivity index is 1.79. The number of anilines is 1. The van der Waals surface area contributed by atoms with Crippen molar-refractivity contribution in [2.75, 3.05) is 11.4 Å². The van der Waals surface area contributed by atoms with Crippen LogP contribution in [0.15, 0.2) is 41.6 Å². The molecule has 3 aromatic rings. The van der Waals surface area contributed by atoms with Crippen LogP contribution in [-0.4, -0.2) is 27.4 Å². The molecule has 2 aromatic heterocycles. The van der Waals surface area contributed by atoms with Crippen LogP contribution in [0.1, 0.15) is 28.0 Å². The highest BCUT2D eigenvalue weighted by molar-refractivity contribution is 6.06. The first-order valence-electron chi connectivity index (χ1n) is 7.89. The predicted molar refractivity (Wildman–Crippen MR) is 91.3 cm³/mol. The average Bonchev–Trinajstić information content (AvgIpc) is 2.61. The third kappa shape index (κ3) is 2.27. The number of nitrogens with zero attached hydrogens (tertiary/aromatic N) is 3. The maximum absolute atomic E-state index is 13.0. The summed E-state index contributed by atoms with van der Waals surface area (Å²) in [4.78, 5) is 37.4. The topological polar surface area (TPSA) is 79.0 Å². The molecule has 1 amide bonds. The molecule has 0 atom stereocenters. The number of aryl methyl sites for hydroxylation is 1. The van der Waals surface area contributed by atoms with Crippen LogP contribution in [0.5, 0.6) is 0 Å². The van der Waals surface area contributed by atoms with Crippen molar-refractivity contribution in [3.05, 3.63) is 64.0 Å². The number of carbonyl (C=O) groups is 1. The van der Waals surface area contributed by atoms with E-state index in [9.17, 15) is 9.59 Å². The van der Waals surface area contributed by atoms with Crippen molar-refractivity contribution in [2.45, 2.75) is 19.8 Å². The lowest BCUT2D eigenvalue weighted by atomic mass is 9.97. The maximum Gasteiger partial charge on any atom is 0.276 e. The molecule has 0 spiro atoms. The number of aromatic amines is 1. The highest BCUT2D eigenvalue weighted by Gasteiger charge is 2.25. The minimum absolute atomic E-state index is 0.188. The molecule has 0 radical (unpaired) electrons. The van der Waals surface area contributed by atoms with Crippen molar-refractivity contribution in [2.24, 2.45) is 0 Å². The second kappa shape index (κ2) is 5.56. The van der Waals surface area contributed by atoms with Gasteiger partial charge in [0.25, 0.3) is 11.5 Å². The summed E-state index contributed by atoms with van der Waals surface area (Å²) in [5, 5.41) is 0.373. The molecule has 6 nitrogen and oxygen atoms in total. The number of pyridine rings is 1. The van der Waals surface area contributed by atoms with E-state index in [2.05, 4.69) is 27.9 Å². The van der Waals surface area contributed by atoms with Crippen molar-refractivity contribution in [1.29, 1.82) is 0 Å². The van der Waals surface area contributed by atoms with Crippen LogP contribution in [-0.2, 0) is 6.42 Å². The molecule has 0 saturated heterocycles. The van der Waals surface area contributed by atoms with Crippen molar-refractivity contribution >= 4 is 22.5 Å². The summed E-state index contributed by atoms with van der Waals surface area (Å²) in [6.45, 7) is 2.71. The predicted octanol–water partition coefficient (Wildman–Crippen LogP) is 2.22. The number of nitrogens with one attached hydrogen (secondary N) is 1. The summed E-state index contributed by atoms with van der Waals surface area (Å²) < 4.78 is 0. The van der Waals surface area contributed by atoms with E-state index in [4.69, 9.17) is 0 Å². The Morgan fingerprint density at radius 3 is 3.04 bits per heavy atom. The molecule has 1 N–H and O–H groups in total. The number of fused-ring (bicyclic) bond motifs is 2. The number of benzene rings is 1. The van der Waals surface area contributed by atoms with E-state index in [-0.39, 0.29) is 17.2 Å². The number of H-pyrrole nitrogens is 1. The van der Waals surface area contributed by atoms with Gasteiger partial charge in [-0.2, -0.15) is 0 Å². The van der Waals surface area contributed by atoms with Crippen LogP contribution in [0, 0.1) is 6.92 Å². The van der Waals surface area contributed by atoms with Crippen LogP contribution >= 0.6 is 0 Å². The van der Waals surface area contributed by atoms with E-state index < -0.39 is 0 Å². The first kappa shape index (κ1) is 14.6. The molecule has 1 aromatic carbocycles. The minimum atomic E-state index is -0.272. The molecule has 0 saturated carbocycles. The second-order valence-electron chi connectivity index (χ2n) is 5.95. The highest BCUT2D eigenvalue weighted by Crippen LogP contribution is 2.30. The van der Waals surface area contributed by atoms with E-state index in [0.717, 1.165) is 18.5 Å². The zero-order valence-electron chi connectivity index (χ0n) is 13.2. The first-order chi connectivity index (χ1) is 11.6. The molecule has 24 heavy (non-hydrogen) atoms. The van der Waals surface area contributed by atoms with Crippen LogP contribution in [0.3, 0.4) is 0 Å². The average molecular weight is 320 g/mol. The van der Waals surface area contributed by atoms with E-state index in [1.54, 1.807) is 4.90 Å².